The minimum absolute atomic E-state index is 0.0920. The molecule has 0 bridgehead atoms. The number of carboxylic acid groups (broad SMARTS) is 1. The quantitative estimate of drug-likeness (QED) is 0.286. The highest BCUT2D eigenvalue weighted by atomic mass is 16.5. The highest BCUT2D eigenvalue weighted by molar-refractivity contribution is 5.75. The predicted molar refractivity (Wildman–Crippen MR) is 87.4 cm³/mol. The molecule has 5 N–H and O–H groups in total. The molecule has 0 saturated carbocycles. The Balaban J connectivity index is 3.29. The van der Waals surface area contributed by atoms with Gasteiger partial charge in [-0.3, -0.25) is 14.4 Å². The van der Waals surface area contributed by atoms with Crippen LogP contribution in [-0.2, 0) is 23.9 Å². The fourth-order valence-electron chi connectivity index (χ4n) is 1.71. The van der Waals surface area contributed by atoms with Crippen LogP contribution in [0.4, 0.5) is 0 Å². The van der Waals surface area contributed by atoms with Gasteiger partial charge in [-0.2, -0.15) is 0 Å². The number of carboxylic acids is 1. The summed E-state index contributed by atoms with van der Waals surface area (Å²) in [6, 6.07) is -0.838. The molecule has 0 aromatic rings. The monoisotopic (exact) mass is 347 g/mol. The van der Waals surface area contributed by atoms with E-state index < -0.39 is 12.0 Å². The van der Waals surface area contributed by atoms with Crippen LogP contribution in [0.1, 0.15) is 32.6 Å². The van der Waals surface area contributed by atoms with Gasteiger partial charge < -0.3 is 30.9 Å². The maximum Gasteiger partial charge on any atom is 0.320 e. The van der Waals surface area contributed by atoms with Gasteiger partial charge in [-0.05, 0) is 19.3 Å². The maximum atomic E-state index is 11.5. The van der Waals surface area contributed by atoms with Gasteiger partial charge in [-0.25, -0.2) is 0 Å². The lowest BCUT2D eigenvalue weighted by Gasteiger charge is -2.08. The van der Waals surface area contributed by atoms with Gasteiger partial charge in [0, 0.05) is 26.4 Å². The second-order valence-electron chi connectivity index (χ2n) is 5.25. The molecule has 0 aliphatic heterocycles. The highest BCUT2D eigenvalue weighted by Gasteiger charge is 2.10. The summed E-state index contributed by atoms with van der Waals surface area (Å²) in [4.78, 5) is 32.6. The number of hydrogen-bond donors (Lipinski definition) is 4. The van der Waals surface area contributed by atoms with Gasteiger partial charge in [0.2, 0.25) is 11.8 Å². The molecule has 0 fully saturated rings. The average molecular weight is 347 g/mol. The van der Waals surface area contributed by atoms with Crippen LogP contribution in [0, 0.1) is 0 Å². The zero-order valence-electron chi connectivity index (χ0n) is 14.2. The molecule has 0 heterocycles. The number of nitrogens with two attached hydrogens (primary N) is 1. The summed E-state index contributed by atoms with van der Waals surface area (Å²) < 4.78 is 10.5. The van der Waals surface area contributed by atoms with Crippen LogP contribution in [0.15, 0.2) is 0 Å². The molecule has 0 spiro atoms. The Bertz CT molecular complexity index is 378. The SMILES string of the molecule is CC(=O)NCCOCCOCCC(=O)NCCCCC(N)C(=O)O. The number of rotatable bonds is 15. The van der Waals surface area contributed by atoms with Gasteiger partial charge in [0.15, 0.2) is 0 Å². The normalized spacial score (nSPS) is 11.8. The summed E-state index contributed by atoms with van der Waals surface area (Å²) in [6.45, 7) is 3.94. The first-order chi connectivity index (χ1) is 11.4. The fraction of sp³-hybridized carbons (Fsp3) is 0.800. The molecule has 0 radical (unpaired) electrons. The highest BCUT2D eigenvalue weighted by Crippen LogP contribution is 1.98. The third kappa shape index (κ3) is 15.2. The van der Waals surface area contributed by atoms with Gasteiger partial charge >= 0.3 is 5.97 Å². The number of amides is 2. The van der Waals surface area contributed by atoms with Crippen molar-refractivity contribution in [2.24, 2.45) is 5.73 Å². The Morgan fingerprint density at radius 2 is 1.67 bits per heavy atom. The number of carbonyl (C=O) groups excluding carboxylic acids is 2. The van der Waals surface area contributed by atoms with Crippen molar-refractivity contribution in [3.63, 3.8) is 0 Å². The largest absolute Gasteiger partial charge is 0.480 e. The summed E-state index contributed by atoms with van der Waals surface area (Å²) in [7, 11) is 0. The summed E-state index contributed by atoms with van der Waals surface area (Å²) in [5, 5.41) is 14.0. The number of aliphatic carboxylic acids is 1. The summed E-state index contributed by atoms with van der Waals surface area (Å²) in [5.41, 5.74) is 5.37. The molecule has 9 nitrogen and oxygen atoms in total. The van der Waals surface area contributed by atoms with E-state index in [9.17, 15) is 14.4 Å². The van der Waals surface area contributed by atoms with Crippen LogP contribution < -0.4 is 16.4 Å². The molecule has 1 atom stereocenters. The lowest BCUT2D eigenvalue weighted by Crippen LogP contribution is -2.30. The van der Waals surface area contributed by atoms with E-state index in [1.54, 1.807) is 0 Å². The number of nitrogens with one attached hydrogen (secondary N) is 2. The van der Waals surface area contributed by atoms with E-state index in [2.05, 4.69) is 10.6 Å². The molecule has 0 aromatic heterocycles. The molecular weight excluding hydrogens is 318 g/mol. The van der Waals surface area contributed by atoms with Gasteiger partial charge in [0.1, 0.15) is 6.04 Å². The van der Waals surface area contributed by atoms with E-state index in [0.29, 0.717) is 58.8 Å². The van der Waals surface area contributed by atoms with E-state index >= 15 is 0 Å². The first-order valence-electron chi connectivity index (χ1n) is 8.08. The molecule has 1 unspecified atom stereocenters. The van der Waals surface area contributed by atoms with Crippen molar-refractivity contribution in [1.29, 1.82) is 0 Å². The van der Waals surface area contributed by atoms with E-state index in [1.807, 2.05) is 0 Å². The van der Waals surface area contributed by atoms with Crippen LogP contribution >= 0.6 is 0 Å². The van der Waals surface area contributed by atoms with Gasteiger partial charge in [0.25, 0.3) is 0 Å². The lowest BCUT2D eigenvalue weighted by molar-refractivity contribution is -0.138. The predicted octanol–water partition coefficient (Wildman–Crippen LogP) is -0.756. The summed E-state index contributed by atoms with van der Waals surface area (Å²) >= 11 is 0. The fourth-order valence-corrected chi connectivity index (χ4v) is 1.71. The van der Waals surface area contributed by atoms with Crippen molar-refractivity contribution in [2.45, 2.75) is 38.6 Å². The first-order valence-corrected chi connectivity index (χ1v) is 8.08. The van der Waals surface area contributed by atoms with Gasteiger partial charge in [0.05, 0.1) is 26.4 Å². The molecule has 0 aromatic carbocycles. The Morgan fingerprint density at radius 3 is 2.29 bits per heavy atom. The Hall–Kier alpha value is -1.71. The third-order valence-corrected chi connectivity index (χ3v) is 3.05. The van der Waals surface area contributed by atoms with E-state index in [-0.39, 0.29) is 18.2 Å². The topological polar surface area (TPSA) is 140 Å². The molecule has 9 heteroatoms. The number of unbranched alkanes of at least 4 members (excludes halogenated alkanes) is 1. The third-order valence-electron chi connectivity index (χ3n) is 3.05. The molecule has 0 saturated heterocycles. The van der Waals surface area contributed by atoms with Crippen molar-refractivity contribution < 1.29 is 29.0 Å². The second kappa shape index (κ2) is 14.9. The van der Waals surface area contributed by atoms with Gasteiger partial charge in [-0.15, -0.1) is 0 Å². The van der Waals surface area contributed by atoms with E-state index in [0.717, 1.165) is 0 Å². The van der Waals surface area contributed by atoms with Crippen molar-refractivity contribution >= 4 is 17.8 Å². The van der Waals surface area contributed by atoms with Crippen molar-refractivity contribution in [3.05, 3.63) is 0 Å². The number of hydrogen-bond acceptors (Lipinski definition) is 6. The van der Waals surface area contributed by atoms with Crippen LogP contribution in [-0.4, -0.2) is 68.4 Å². The maximum absolute atomic E-state index is 11.5. The van der Waals surface area contributed by atoms with Crippen molar-refractivity contribution in [1.82, 2.24) is 10.6 Å². The van der Waals surface area contributed by atoms with Gasteiger partial charge in [-0.1, -0.05) is 0 Å². The molecule has 24 heavy (non-hydrogen) atoms. The summed E-state index contributed by atoms with van der Waals surface area (Å²) in [6.07, 6.45) is 2.01. The molecule has 0 rings (SSSR count). The molecular formula is C15H29N3O6. The molecule has 140 valence electrons. The van der Waals surface area contributed by atoms with Crippen LogP contribution in [0.3, 0.4) is 0 Å². The lowest BCUT2D eigenvalue weighted by atomic mass is 10.1. The average Bonchev–Trinajstić information content (AvgIpc) is 2.52. The Labute approximate surface area is 142 Å². The smallest absolute Gasteiger partial charge is 0.320 e. The minimum Gasteiger partial charge on any atom is -0.480 e. The van der Waals surface area contributed by atoms with Crippen LogP contribution in [0.25, 0.3) is 0 Å². The van der Waals surface area contributed by atoms with E-state index in [1.165, 1.54) is 6.92 Å². The molecule has 2 amide bonds. The zero-order valence-corrected chi connectivity index (χ0v) is 14.2. The molecule has 0 aliphatic carbocycles. The van der Waals surface area contributed by atoms with E-state index in [4.69, 9.17) is 20.3 Å². The molecule has 0 aliphatic rings. The Kier molecular flexibility index (Phi) is 13.8. The summed E-state index contributed by atoms with van der Waals surface area (Å²) in [5.74, 6) is -1.20. The first kappa shape index (κ1) is 22.3. The number of carbonyl (C=O) groups is 3. The Morgan fingerprint density at radius 1 is 1.00 bits per heavy atom. The minimum atomic E-state index is -1.00. The van der Waals surface area contributed by atoms with Crippen LogP contribution in [0.5, 0.6) is 0 Å². The standard InChI is InChI=1S/C15H29N3O6/c1-12(19)17-7-9-24-11-10-23-8-5-14(20)18-6-3-2-4-13(16)15(21)22/h13H,2-11,16H2,1H3,(H,17,19)(H,18,20)(H,21,22). The van der Waals surface area contributed by atoms with Crippen LogP contribution in [0.2, 0.25) is 0 Å². The zero-order chi connectivity index (χ0) is 18.2. The van der Waals surface area contributed by atoms with Crippen molar-refractivity contribution in [3.8, 4) is 0 Å². The number of ether oxygens (including phenoxy) is 2. The second-order valence-corrected chi connectivity index (χ2v) is 5.25. The van der Waals surface area contributed by atoms with Crippen molar-refractivity contribution in [2.75, 3.05) is 39.5 Å².